The van der Waals surface area contributed by atoms with Crippen LogP contribution >= 0.6 is 11.6 Å². The van der Waals surface area contributed by atoms with Gasteiger partial charge in [0.1, 0.15) is 5.82 Å². The molecule has 0 aliphatic heterocycles. The third-order valence-corrected chi connectivity index (χ3v) is 6.90. The first kappa shape index (κ1) is 32.7. The average Bonchev–Trinajstić information content (AvgIpc) is 2.96. The van der Waals surface area contributed by atoms with Gasteiger partial charge in [0, 0.05) is 47.9 Å². The highest BCUT2D eigenvalue weighted by Crippen LogP contribution is 2.18. The van der Waals surface area contributed by atoms with Crippen molar-refractivity contribution in [3.8, 4) is 0 Å². The van der Waals surface area contributed by atoms with Crippen LogP contribution in [0.25, 0.3) is 0 Å². The average molecular weight is 597 g/mol. The zero-order valence-electron chi connectivity index (χ0n) is 23.9. The molecule has 0 aliphatic carbocycles. The van der Waals surface area contributed by atoms with Gasteiger partial charge in [-0.05, 0) is 66.8 Å². The number of halogens is 2. The molecule has 2 atom stereocenters. The predicted molar refractivity (Wildman–Crippen MR) is 162 cm³/mol. The van der Waals surface area contributed by atoms with Crippen LogP contribution in [-0.4, -0.2) is 59.5 Å². The first-order valence-electron chi connectivity index (χ1n) is 14.0. The van der Waals surface area contributed by atoms with Crippen molar-refractivity contribution in [2.45, 2.75) is 51.8 Å². The minimum Gasteiger partial charge on any atom is -0.390 e. The number of aliphatic hydroxyl groups excluding tert-OH is 1. The van der Waals surface area contributed by atoms with E-state index in [0.29, 0.717) is 25.2 Å². The number of benzene rings is 3. The Bertz CT molecular complexity index is 1350. The number of nitrogens with one attached hydrogen (secondary N) is 2. The van der Waals surface area contributed by atoms with Crippen molar-refractivity contribution in [3.63, 3.8) is 0 Å². The summed E-state index contributed by atoms with van der Waals surface area (Å²) in [6.07, 6.45) is 0.483. The number of rotatable bonds is 15. The maximum Gasteiger partial charge on any atom is 0.253 e. The van der Waals surface area contributed by atoms with E-state index in [1.54, 1.807) is 11.0 Å². The van der Waals surface area contributed by atoms with Gasteiger partial charge in [-0.1, -0.05) is 55.8 Å². The fourth-order valence-electron chi connectivity index (χ4n) is 4.68. The van der Waals surface area contributed by atoms with Crippen molar-refractivity contribution in [3.05, 3.63) is 105 Å². The topological polar surface area (TPSA) is 125 Å². The standard InChI is InChI=1S/C32H38ClFN4O4/c1-3-10-38(11-4-2)32(42)25-16-23(30(35)40)15-24(17-25)31(41)37-28(14-22-12-26(33)18-27(34)13-22)29(39)20-36-19-21-8-6-5-7-9-21/h5-9,12-13,15-18,28-29,36,39H,3-4,10-11,14,19-20H2,1-2H3,(H2,35,40)(H,37,41)/t28-,29+/m0/s1. The fourth-order valence-corrected chi connectivity index (χ4v) is 4.93. The number of aliphatic hydroxyl groups is 1. The van der Waals surface area contributed by atoms with Crippen molar-refractivity contribution in [1.29, 1.82) is 0 Å². The van der Waals surface area contributed by atoms with Crippen molar-refractivity contribution < 1.29 is 23.9 Å². The smallest absolute Gasteiger partial charge is 0.253 e. The van der Waals surface area contributed by atoms with Gasteiger partial charge < -0.3 is 26.4 Å². The van der Waals surface area contributed by atoms with Gasteiger partial charge >= 0.3 is 0 Å². The van der Waals surface area contributed by atoms with Crippen LogP contribution in [0.15, 0.2) is 66.7 Å². The van der Waals surface area contributed by atoms with E-state index in [1.807, 2.05) is 44.2 Å². The lowest BCUT2D eigenvalue weighted by Gasteiger charge is -2.25. The van der Waals surface area contributed by atoms with Crippen molar-refractivity contribution in [2.24, 2.45) is 5.73 Å². The molecule has 3 aromatic rings. The number of amides is 3. The quantitative estimate of drug-likeness (QED) is 0.208. The second kappa shape index (κ2) is 16.0. The fraction of sp³-hybridized carbons (Fsp3) is 0.344. The Labute approximate surface area is 251 Å². The zero-order chi connectivity index (χ0) is 30.6. The second-order valence-electron chi connectivity index (χ2n) is 10.2. The molecule has 0 spiro atoms. The molecule has 3 aromatic carbocycles. The van der Waals surface area contributed by atoms with E-state index in [1.165, 1.54) is 30.3 Å². The Kier molecular flexibility index (Phi) is 12.5. The van der Waals surface area contributed by atoms with Gasteiger partial charge in [0.05, 0.1) is 12.1 Å². The van der Waals surface area contributed by atoms with Gasteiger partial charge in [0.2, 0.25) is 5.91 Å². The van der Waals surface area contributed by atoms with E-state index < -0.39 is 29.8 Å². The SMILES string of the molecule is CCCN(CCC)C(=O)c1cc(C(N)=O)cc(C(=O)N[C@@H](Cc2cc(F)cc(Cl)c2)[C@H](O)CNCc2ccccc2)c1. The number of nitrogens with zero attached hydrogens (tertiary/aromatic N) is 1. The number of carbonyl (C=O) groups excluding carboxylic acids is 3. The molecule has 5 N–H and O–H groups in total. The normalized spacial score (nSPS) is 12.4. The molecule has 0 aliphatic rings. The Balaban J connectivity index is 1.87. The monoisotopic (exact) mass is 596 g/mol. The van der Waals surface area contributed by atoms with E-state index in [2.05, 4.69) is 10.6 Å². The Morgan fingerprint density at radius 2 is 1.57 bits per heavy atom. The third kappa shape index (κ3) is 9.65. The minimum absolute atomic E-state index is 0.0116. The van der Waals surface area contributed by atoms with Crippen LogP contribution in [0, 0.1) is 5.82 Å². The minimum atomic E-state index is -1.08. The van der Waals surface area contributed by atoms with E-state index in [9.17, 15) is 23.9 Å². The summed E-state index contributed by atoms with van der Waals surface area (Å²) in [4.78, 5) is 40.6. The van der Waals surface area contributed by atoms with Crippen LogP contribution in [-0.2, 0) is 13.0 Å². The first-order valence-corrected chi connectivity index (χ1v) is 14.4. The number of hydrogen-bond donors (Lipinski definition) is 4. The van der Waals surface area contributed by atoms with Crippen molar-refractivity contribution >= 4 is 29.3 Å². The summed E-state index contributed by atoms with van der Waals surface area (Å²) in [5.41, 5.74) is 7.24. The molecule has 0 saturated heterocycles. The summed E-state index contributed by atoms with van der Waals surface area (Å²) in [6, 6.07) is 16.9. The number of hydrogen-bond acceptors (Lipinski definition) is 5. The summed E-state index contributed by atoms with van der Waals surface area (Å²) in [5, 5.41) is 17.3. The molecule has 0 heterocycles. The Morgan fingerprint density at radius 1 is 0.929 bits per heavy atom. The third-order valence-electron chi connectivity index (χ3n) is 6.69. The lowest BCUT2D eigenvalue weighted by Crippen LogP contribution is -2.48. The summed E-state index contributed by atoms with van der Waals surface area (Å²) in [7, 11) is 0. The number of primary amides is 1. The van der Waals surface area contributed by atoms with Gasteiger partial charge in [-0.3, -0.25) is 14.4 Å². The van der Waals surface area contributed by atoms with Crippen molar-refractivity contribution in [1.82, 2.24) is 15.5 Å². The number of nitrogens with two attached hydrogens (primary N) is 1. The largest absolute Gasteiger partial charge is 0.390 e. The van der Waals surface area contributed by atoms with E-state index in [0.717, 1.165) is 18.4 Å². The van der Waals surface area contributed by atoms with Gasteiger partial charge in [0.25, 0.3) is 11.8 Å². The van der Waals surface area contributed by atoms with Crippen LogP contribution in [0.1, 0.15) is 68.9 Å². The molecule has 0 bridgehead atoms. The highest BCUT2D eigenvalue weighted by molar-refractivity contribution is 6.30. The molecule has 3 rings (SSSR count). The molecular weight excluding hydrogens is 559 g/mol. The zero-order valence-corrected chi connectivity index (χ0v) is 24.7. The molecule has 0 fully saturated rings. The summed E-state index contributed by atoms with van der Waals surface area (Å²) in [5.74, 6) is -2.26. The first-order chi connectivity index (χ1) is 20.1. The van der Waals surface area contributed by atoms with E-state index in [-0.39, 0.29) is 40.6 Å². The Hall–Kier alpha value is -3.79. The molecule has 3 amide bonds. The molecular formula is C32H38ClFN4O4. The molecule has 0 radical (unpaired) electrons. The molecule has 8 nitrogen and oxygen atoms in total. The van der Waals surface area contributed by atoms with Crippen LogP contribution in [0.3, 0.4) is 0 Å². The maximum atomic E-state index is 14.1. The second-order valence-corrected chi connectivity index (χ2v) is 10.6. The molecule has 42 heavy (non-hydrogen) atoms. The summed E-state index contributed by atoms with van der Waals surface area (Å²) >= 11 is 6.05. The Morgan fingerprint density at radius 3 is 2.19 bits per heavy atom. The molecule has 224 valence electrons. The molecule has 0 aromatic heterocycles. The van der Waals surface area contributed by atoms with E-state index >= 15 is 0 Å². The van der Waals surface area contributed by atoms with Gasteiger partial charge in [0.15, 0.2) is 0 Å². The molecule has 0 unspecified atom stereocenters. The summed E-state index contributed by atoms with van der Waals surface area (Å²) in [6.45, 7) is 5.57. The maximum absolute atomic E-state index is 14.1. The lowest BCUT2D eigenvalue weighted by atomic mass is 9.99. The van der Waals surface area contributed by atoms with Gasteiger partial charge in [-0.25, -0.2) is 4.39 Å². The number of carbonyl (C=O) groups is 3. The highest BCUT2D eigenvalue weighted by Gasteiger charge is 2.25. The predicted octanol–water partition coefficient (Wildman–Crippen LogP) is 4.33. The van der Waals surface area contributed by atoms with Crippen LogP contribution in [0.2, 0.25) is 5.02 Å². The van der Waals surface area contributed by atoms with Gasteiger partial charge in [-0.2, -0.15) is 0 Å². The lowest BCUT2D eigenvalue weighted by molar-refractivity contribution is 0.0755. The molecule has 10 heteroatoms. The van der Waals surface area contributed by atoms with Crippen LogP contribution < -0.4 is 16.4 Å². The summed E-state index contributed by atoms with van der Waals surface area (Å²) < 4.78 is 14.1. The molecule has 0 saturated carbocycles. The highest BCUT2D eigenvalue weighted by atomic mass is 35.5. The van der Waals surface area contributed by atoms with E-state index in [4.69, 9.17) is 17.3 Å². The van der Waals surface area contributed by atoms with Crippen LogP contribution in [0.4, 0.5) is 4.39 Å². The van der Waals surface area contributed by atoms with Gasteiger partial charge in [-0.15, -0.1) is 0 Å². The van der Waals surface area contributed by atoms with Crippen LogP contribution in [0.5, 0.6) is 0 Å². The van der Waals surface area contributed by atoms with Crippen molar-refractivity contribution in [2.75, 3.05) is 19.6 Å².